The first-order valence-electron chi connectivity index (χ1n) is 16.3. The topological polar surface area (TPSA) is 0 Å². The van der Waals surface area contributed by atoms with E-state index in [2.05, 4.69) is 172 Å². The second-order valence-corrected chi connectivity index (χ2v) is 13.4. The molecule has 218 valence electrons. The summed E-state index contributed by atoms with van der Waals surface area (Å²) in [6.07, 6.45) is 0. The summed E-state index contributed by atoms with van der Waals surface area (Å²) in [5.74, 6) is 0. The van der Waals surface area contributed by atoms with Crippen LogP contribution in [0.1, 0.15) is 30.5 Å². The zero-order chi connectivity index (χ0) is 31.0. The molecule has 9 rings (SSSR count). The molecule has 0 saturated carbocycles. The summed E-state index contributed by atoms with van der Waals surface area (Å²) in [5.41, 5.74) is 14.4. The maximum absolute atomic E-state index is 2.45. The van der Waals surface area contributed by atoms with Gasteiger partial charge in [0.15, 0.2) is 0 Å². The van der Waals surface area contributed by atoms with Crippen LogP contribution in [0.5, 0.6) is 0 Å². The van der Waals surface area contributed by atoms with E-state index in [0.29, 0.717) is 0 Å². The van der Waals surface area contributed by atoms with Crippen LogP contribution in [0.15, 0.2) is 152 Å². The number of rotatable bonds is 3. The van der Waals surface area contributed by atoms with Gasteiger partial charge in [-0.15, -0.1) is 0 Å². The summed E-state index contributed by atoms with van der Waals surface area (Å²) in [7, 11) is 0. The average Bonchev–Trinajstić information content (AvgIpc) is 3.32. The van der Waals surface area contributed by atoms with Gasteiger partial charge >= 0.3 is 0 Å². The van der Waals surface area contributed by atoms with Crippen LogP contribution in [0, 0.1) is 6.92 Å². The fourth-order valence-corrected chi connectivity index (χ4v) is 8.08. The van der Waals surface area contributed by atoms with Gasteiger partial charge in [0.05, 0.1) is 0 Å². The predicted octanol–water partition coefficient (Wildman–Crippen LogP) is 12.8. The first-order chi connectivity index (χ1) is 22.5. The average molecular weight is 587 g/mol. The lowest BCUT2D eigenvalue weighted by Gasteiger charge is -2.22. The largest absolute Gasteiger partial charge is 0.0619 e. The van der Waals surface area contributed by atoms with Crippen molar-refractivity contribution < 1.29 is 0 Å². The highest BCUT2D eigenvalue weighted by atomic mass is 14.4. The molecular weight excluding hydrogens is 553 g/mol. The minimum absolute atomic E-state index is 0.0124. The fraction of sp³-hybridized carbons (Fsp3) is 0.0870. The van der Waals surface area contributed by atoms with Gasteiger partial charge in [-0.25, -0.2) is 0 Å². The molecule has 0 amide bonds. The van der Waals surface area contributed by atoms with Crippen molar-refractivity contribution in [2.24, 2.45) is 0 Å². The van der Waals surface area contributed by atoms with Crippen molar-refractivity contribution in [2.45, 2.75) is 26.2 Å². The van der Waals surface area contributed by atoms with E-state index in [1.807, 2.05) is 0 Å². The summed E-state index contributed by atoms with van der Waals surface area (Å²) in [5, 5.41) is 7.68. The highest BCUT2D eigenvalue weighted by Gasteiger charge is 2.35. The number of aryl methyl sites for hydroxylation is 1. The van der Waals surface area contributed by atoms with Crippen molar-refractivity contribution in [3.8, 4) is 44.5 Å². The molecule has 0 fully saturated rings. The molecule has 0 radical (unpaired) electrons. The number of hydrogen-bond acceptors (Lipinski definition) is 0. The molecule has 0 aromatic heterocycles. The first-order valence-corrected chi connectivity index (χ1v) is 16.3. The molecule has 0 saturated heterocycles. The van der Waals surface area contributed by atoms with Crippen LogP contribution in [-0.2, 0) is 5.41 Å². The molecular formula is C46H34. The second-order valence-electron chi connectivity index (χ2n) is 13.4. The Morgan fingerprint density at radius 1 is 0.370 bits per heavy atom. The van der Waals surface area contributed by atoms with Gasteiger partial charge in [-0.3, -0.25) is 0 Å². The quantitative estimate of drug-likeness (QED) is 0.181. The van der Waals surface area contributed by atoms with Crippen LogP contribution in [0.25, 0.3) is 76.8 Å². The van der Waals surface area contributed by atoms with Gasteiger partial charge in [-0.2, -0.15) is 0 Å². The molecule has 8 aromatic rings. The van der Waals surface area contributed by atoms with Gasteiger partial charge in [0.2, 0.25) is 0 Å². The van der Waals surface area contributed by atoms with Crippen molar-refractivity contribution >= 4 is 32.3 Å². The Labute approximate surface area is 270 Å². The Balaban J connectivity index is 1.35. The molecule has 0 heterocycles. The lowest BCUT2D eigenvalue weighted by Crippen LogP contribution is -2.14. The molecule has 0 spiro atoms. The Morgan fingerprint density at radius 3 is 1.80 bits per heavy atom. The molecule has 1 aliphatic carbocycles. The van der Waals surface area contributed by atoms with Gasteiger partial charge in [0, 0.05) is 5.41 Å². The zero-order valence-corrected chi connectivity index (χ0v) is 26.4. The van der Waals surface area contributed by atoms with Gasteiger partial charge in [0.1, 0.15) is 0 Å². The van der Waals surface area contributed by atoms with Gasteiger partial charge in [0.25, 0.3) is 0 Å². The highest BCUT2D eigenvalue weighted by Crippen LogP contribution is 2.51. The van der Waals surface area contributed by atoms with E-state index >= 15 is 0 Å². The first kappa shape index (κ1) is 26.9. The number of benzene rings is 8. The second kappa shape index (κ2) is 10.0. The third-order valence-corrected chi connectivity index (χ3v) is 10.3. The van der Waals surface area contributed by atoms with Crippen molar-refractivity contribution in [3.05, 3.63) is 168 Å². The van der Waals surface area contributed by atoms with Crippen LogP contribution in [0.3, 0.4) is 0 Å². The summed E-state index contributed by atoms with van der Waals surface area (Å²) in [4.78, 5) is 0. The van der Waals surface area contributed by atoms with E-state index in [-0.39, 0.29) is 5.41 Å². The summed E-state index contributed by atoms with van der Waals surface area (Å²) >= 11 is 0. The van der Waals surface area contributed by atoms with Gasteiger partial charge in [-0.05, 0) is 107 Å². The SMILES string of the molecule is Cc1ccc2c(-c3ccccc3-c3ccc4ccccc4c3)c3ccccc3c(-c3ccc4c(c3)-c3ccccc3C4(C)C)c2c1. The van der Waals surface area contributed by atoms with E-state index in [0.717, 1.165) is 0 Å². The molecule has 0 bridgehead atoms. The fourth-order valence-electron chi connectivity index (χ4n) is 8.08. The van der Waals surface area contributed by atoms with E-state index < -0.39 is 0 Å². The maximum Gasteiger partial charge on any atom is 0.0158 e. The molecule has 0 atom stereocenters. The monoisotopic (exact) mass is 586 g/mol. The lowest BCUT2D eigenvalue weighted by molar-refractivity contribution is 0.660. The summed E-state index contributed by atoms with van der Waals surface area (Å²) < 4.78 is 0. The Kier molecular flexibility index (Phi) is 5.86. The van der Waals surface area contributed by atoms with Crippen molar-refractivity contribution in [3.63, 3.8) is 0 Å². The Bertz CT molecular complexity index is 2510. The molecule has 0 heteroatoms. The van der Waals surface area contributed by atoms with E-state index in [1.165, 1.54) is 93.5 Å². The van der Waals surface area contributed by atoms with Crippen molar-refractivity contribution in [2.75, 3.05) is 0 Å². The van der Waals surface area contributed by atoms with Crippen LogP contribution in [0.2, 0.25) is 0 Å². The molecule has 0 unspecified atom stereocenters. The molecule has 0 aliphatic heterocycles. The van der Waals surface area contributed by atoms with Crippen LogP contribution in [-0.4, -0.2) is 0 Å². The maximum atomic E-state index is 2.45. The molecule has 0 N–H and O–H groups in total. The number of fused-ring (bicyclic) bond motifs is 6. The molecule has 46 heavy (non-hydrogen) atoms. The van der Waals surface area contributed by atoms with E-state index in [4.69, 9.17) is 0 Å². The molecule has 1 aliphatic rings. The minimum atomic E-state index is -0.0124. The third-order valence-electron chi connectivity index (χ3n) is 10.3. The third kappa shape index (κ3) is 3.93. The van der Waals surface area contributed by atoms with E-state index in [1.54, 1.807) is 0 Å². The van der Waals surface area contributed by atoms with Gasteiger partial charge in [-0.1, -0.05) is 159 Å². The van der Waals surface area contributed by atoms with Crippen LogP contribution >= 0.6 is 0 Å². The standard InChI is InChI=1S/C46H34/c1-29-20-24-39-41(26-29)44(33-23-25-43-40(28-33)35-15-10-11-19-42(35)46(43,2)3)37-17-8-9-18-38(37)45(39)36-16-7-6-14-34(36)32-22-21-30-12-4-5-13-31(30)27-32/h4-28H,1-3H3. The zero-order valence-electron chi connectivity index (χ0n) is 26.4. The summed E-state index contributed by atoms with van der Waals surface area (Å²) in [6, 6.07) is 56.6. The molecule has 0 nitrogen and oxygen atoms in total. The number of hydrogen-bond donors (Lipinski definition) is 0. The minimum Gasteiger partial charge on any atom is -0.0619 e. The Morgan fingerprint density at radius 2 is 0.978 bits per heavy atom. The lowest BCUT2D eigenvalue weighted by atomic mass is 9.81. The van der Waals surface area contributed by atoms with Crippen molar-refractivity contribution in [1.29, 1.82) is 0 Å². The smallest absolute Gasteiger partial charge is 0.0158 e. The van der Waals surface area contributed by atoms with E-state index in [9.17, 15) is 0 Å². The highest BCUT2D eigenvalue weighted by molar-refractivity contribution is 6.22. The van der Waals surface area contributed by atoms with Gasteiger partial charge < -0.3 is 0 Å². The Hall–Kier alpha value is -5.46. The van der Waals surface area contributed by atoms with Crippen LogP contribution < -0.4 is 0 Å². The van der Waals surface area contributed by atoms with Crippen LogP contribution in [0.4, 0.5) is 0 Å². The molecule has 8 aromatic carbocycles. The van der Waals surface area contributed by atoms with Crippen molar-refractivity contribution in [1.82, 2.24) is 0 Å². The normalized spacial score (nSPS) is 13.3. The summed E-state index contributed by atoms with van der Waals surface area (Å²) in [6.45, 7) is 6.92. The predicted molar refractivity (Wildman–Crippen MR) is 198 cm³/mol.